The molecule has 1 aromatic carbocycles. The summed E-state index contributed by atoms with van der Waals surface area (Å²) in [5.74, 6) is -1.47. The Balaban J connectivity index is 2.96. The molecule has 0 spiro atoms. The van der Waals surface area contributed by atoms with E-state index >= 15 is 0 Å². The molecule has 82 valence electrons. The van der Waals surface area contributed by atoms with Crippen LogP contribution in [0.4, 0.5) is 0 Å². The van der Waals surface area contributed by atoms with Gasteiger partial charge in [-0.25, -0.2) is 0 Å². The lowest BCUT2D eigenvalue weighted by molar-refractivity contribution is -0.255. The van der Waals surface area contributed by atoms with Crippen molar-refractivity contribution in [3.63, 3.8) is 0 Å². The van der Waals surface area contributed by atoms with Gasteiger partial charge in [0.1, 0.15) is 0 Å². The number of nitrogens with zero attached hydrogens (tertiary/aromatic N) is 1. The van der Waals surface area contributed by atoms with Crippen molar-refractivity contribution in [3.8, 4) is 0 Å². The number of pyridine rings is 1. The Labute approximate surface area is 95.7 Å². The number of rotatable bonds is 1. The summed E-state index contributed by atoms with van der Waals surface area (Å²) in [5, 5.41) is 11.5. The number of benzene rings is 1. The SMILES string of the molecule is Cn1cc(C(=O)[O-])c(=O)c2ccc(Cl)cc21. The maximum Gasteiger partial charge on any atom is 0.198 e. The van der Waals surface area contributed by atoms with Crippen LogP contribution in [0.5, 0.6) is 0 Å². The summed E-state index contributed by atoms with van der Waals surface area (Å²) >= 11 is 5.80. The second-order valence-corrected chi connectivity index (χ2v) is 3.87. The van der Waals surface area contributed by atoms with Crippen LogP contribution in [0.1, 0.15) is 10.4 Å². The first-order valence-corrected chi connectivity index (χ1v) is 4.89. The average molecular weight is 237 g/mol. The van der Waals surface area contributed by atoms with Crippen molar-refractivity contribution >= 4 is 28.5 Å². The Bertz CT molecular complexity index is 645. The van der Waals surface area contributed by atoms with E-state index in [1.54, 1.807) is 19.2 Å². The second-order valence-electron chi connectivity index (χ2n) is 3.43. The fourth-order valence-corrected chi connectivity index (χ4v) is 1.77. The van der Waals surface area contributed by atoms with Crippen LogP contribution >= 0.6 is 11.6 Å². The molecule has 0 aliphatic rings. The minimum absolute atomic E-state index is 0.314. The molecule has 1 heterocycles. The van der Waals surface area contributed by atoms with Crippen molar-refractivity contribution in [1.29, 1.82) is 0 Å². The predicted octanol–water partition coefficient (Wildman–Crippen LogP) is 0.555. The average Bonchev–Trinajstić information content (AvgIpc) is 2.22. The molecule has 0 bridgehead atoms. The monoisotopic (exact) mass is 236 g/mol. The Morgan fingerprint density at radius 3 is 2.75 bits per heavy atom. The summed E-state index contributed by atoms with van der Waals surface area (Å²) in [6, 6.07) is 4.66. The summed E-state index contributed by atoms with van der Waals surface area (Å²) < 4.78 is 1.54. The molecule has 0 amide bonds. The number of aromatic carboxylic acids is 1. The minimum Gasteiger partial charge on any atom is -0.545 e. The van der Waals surface area contributed by atoms with Crippen LogP contribution in [0.25, 0.3) is 10.9 Å². The number of aryl methyl sites for hydroxylation is 1. The van der Waals surface area contributed by atoms with Crippen LogP contribution < -0.4 is 10.5 Å². The van der Waals surface area contributed by atoms with E-state index in [0.29, 0.717) is 15.9 Å². The number of aromatic nitrogens is 1. The zero-order chi connectivity index (χ0) is 11.9. The van der Waals surface area contributed by atoms with Gasteiger partial charge in [-0.15, -0.1) is 0 Å². The summed E-state index contributed by atoms with van der Waals surface area (Å²) in [7, 11) is 1.64. The molecule has 0 atom stereocenters. The second kappa shape index (κ2) is 3.64. The fraction of sp³-hybridized carbons (Fsp3) is 0.0909. The van der Waals surface area contributed by atoms with Crippen LogP contribution in [0, 0.1) is 0 Å². The van der Waals surface area contributed by atoms with Crippen molar-refractivity contribution in [2.45, 2.75) is 0 Å². The first kappa shape index (κ1) is 10.7. The van der Waals surface area contributed by atoms with E-state index < -0.39 is 11.4 Å². The highest BCUT2D eigenvalue weighted by molar-refractivity contribution is 6.31. The fourth-order valence-electron chi connectivity index (χ4n) is 1.60. The number of fused-ring (bicyclic) bond motifs is 1. The lowest BCUT2D eigenvalue weighted by Gasteiger charge is -2.09. The van der Waals surface area contributed by atoms with Gasteiger partial charge in [-0.05, 0) is 18.2 Å². The molecule has 0 aliphatic heterocycles. The lowest BCUT2D eigenvalue weighted by Crippen LogP contribution is -2.29. The number of carboxylic acid groups (broad SMARTS) is 1. The Hall–Kier alpha value is -1.81. The van der Waals surface area contributed by atoms with Gasteiger partial charge >= 0.3 is 0 Å². The van der Waals surface area contributed by atoms with Crippen LogP contribution in [0.15, 0.2) is 29.2 Å². The normalized spacial score (nSPS) is 10.6. The largest absolute Gasteiger partial charge is 0.545 e. The summed E-state index contributed by atoms with van der Waals surface area (Å²) in [6.45, 7) is 0. The highest BCUT2D eigenvalue weighted by Crippen LogP contribution is 2.16. The van der Waals surface area contributed by atoms with Gasteiger partial charge in [-0.1, -0.05) is 11.6 Å². The van der Waals surface area contributed by atoms with E-state index in [-0.39, 0.29) is 5.56 Å². The van der Waals surface area contributed by atoms with Gasteiger partial charge in [0.25, 0.3) is 0 Å². The third-order valence-corrected chi connectivity index (χ3v) is 2.61. The van der Waals surface area contributed by atoms with Gasteiger partial charge in [-0.2, -0.15) is 0 Å². The van der Waals surface area contributed by atoms with Crippen molar-refractivity contribution < 1.29 is 9.90 Å². The number of carbonyl (C=O) groups excluding carboxylic acids is 1. The Morgan fingerprint density at radius 2 is 2.12 bits per heavy atom. The molecule has 2 rings (SSSR count). The van der Waals surface area contributed by atoms with E-state index in [0.717, 1.165) is 0 Å². The zero-order valence-corrected chi connectivity index (χ0v) is 9.12. The molecule has 4 nitrogen and oxygen atoms in total. The van der Waals surface area contributed by atoms with E-state index in [4.69, 9.17) is 11.6 Å². The smallest absolute Gasteiger partial charge is 0.198 e. The molecule has 0 saturated carbocycles. The first-order valence-electron chi connectivity index (χ1n) is 4.51. The molecule has 0 N–H and O–H groups in total. The number of hydrogen-bond donors (Lipinski definition) is 0. The molecule has 5 heteroatoms. The Kier molecular flexibility index (Phi) is 2.44. The highest BCUT2D eigenvalue weighted by atomic mass is 35.5. The lowest BCUT2D eigenvalue weighted by atomic mass is 10.1. The van der Waals surface area contributed by atoms with Gasteiger partial charge in [0.2, 0.25) is 0 Å². The van der Waals surface area contributed by atoms with Crippen LogP contribution in [-0.2, 0) is 7.05 Å². The van der Waals surface area contributed by atoms with E-state index in [1.807, 2.05) is 0 Å². The van der Waals surface area contributed by atoms with E-state index in [2.05, 4.69) is 0 Å². The van der Waals surface area contributed by atoms with Crippen LogP contribution in [0.3, 0.4) is 0 Å². The zero-order valence-electron chi connectivity index (χ0n) is 8.36. The third-order valence-electron chi connectivity index (χ3n) is 2.37. The quantitative estimate of drug-likeness (QED) is 0.727. The highest BCUT2D eigenvalue weighted by Gasteiger charge is 2.08. The van der Waals surface area contributed by atoms with Gasteiger partial charge < -0.3 is 14.5 Å². The van der Waals surface area contributed by atoms with Crippen molar-refractivity contribution in [2.75, 3.05) is 0 Å². The van der Waals surface area contributed by atoms with Crippen molar-refractivity contribution in [2.24, 2.45) is 7.05 Å². The van der Waals surface area contributed by atoms with Crippen LogP contribution in [-0.4, -0.2) is 10.5 Å². The molecule has 0 saturated heterocycles. The summed E-state index contributed by atoms with van der Waals surface area (Å²) in [5.41, 5.74) is -0.315. The summed E-state index contributed by atoms with van der Waals surface area (Å²) in [6.07, 6.45) is 1.23. The third kappa shape index (κ3) is 1.57. The minimum atomic E-state index is -1.47. The van der Waals surface area contributed by atoms with Gasteiger partial charge in [0.05, 0.1) is 17.0 Å². The van der Waals surface area contributed by atoms with Crippen LogP contribution in [0.2, 0.25) is 5.02 Å². The van der Waals surface area contributed by atoms with E-state index in [9.17, 15) is 14.7 Å². The number of carboxylic acids is 1. The molecule has 16 heavy (non-hydrogen) atoms. The van der Waals surface area contributed by atoms with Gasteiger partial charge in [0.15, 0.2) is 5.43 Å². The molecule has 0 aliphatic carbocycles. The maximum absolute atomic E-state index is 11.8. The first-order chi connectivity index (χ1) is 7.50. The number of hydrogen-bond acceptors (Lipinski definition) is 3. The molecule has 2 aromatic rings. The molecule has 0 fully saturated rings. The standard InChI is InChI=1S/C11H8ClNO3/c1-13-5-8(11(15)16)10(14)7-3-2-6(12)4-9(7)13/h2-5H,1H3,(H,15,16)/p-1. The number of carbonyl (C=O) groups is 1. The Morgan fingerprint density at radius 1 is 1.44 bits per heavy atom. The molecule has 1 aromatic heterocycles. The molecular weight excluding hydrogens is 230 g/mol. The van der Waals surface area contributed by atoms with Crippen molar-refractivity contribution in [1.82, 2.24) is 4.57 Å². The number of halogens is 1. The van der Waals surface area contributed by atoms with Crippen molar-refractivity contribution in [3.05, 3.63) is 45.2 Å². The topological polar surface area (TPSA) is 62.1 Å². The maximum atomic E-state index is 11.8. The molecule has 0 radical (unpaired) electrons. The predicted molar refractivity (Wildman–Crippen MR) is 58.5 cm³/mol. The summed E-state index contributed by atoms with van der Waals surface area (Å²) in [4.78, 5) is 22.5. The van der Waals surface area contributed by atoms with Gasteiger partial charge in [0, 0.05) is 23.7 Å². The molecular formula is C11H7ClNO3-. The van der Waals surface area contributed by atoms with E-state index in [1.165, 1.54) is 16.8 Å². The van der Waals surface area contributed by atoms with Gasteiger partial charge in [-0.3, -0.25) is 4.79 Å². The molecule has 0 unspecified atom stereocenters.